The fraction of sp³-hybridized carbons (Fsp3) is 0.375. The maximum Gasteiger partial charge on any atom is 0.226 e. The van der Waals surface area contributed by atoms with Crippen LogP contribution in [0.3, 0.4) is 0 Å². The van der Waals surface area contributed by atoms with Crippen molar-refractivity contribution in [2.24, 2.45) is 0 Å². The first kappa shape index (κ1) is 20.3. The summed E-state index contributed by atoms with van der Waals surface area (Å²) in [5.74, 6) is 3.32. The van der Waals surface area contributed by atoms with E-state index in [2.05, 4.69) is 28.0 Å². The van der Waals surface area contributed by atoms with Crippen molar-refractivity contribution in [3.63, 3.8) is 0 Å². The van der Waals surface area contributed by atoms with Gasteiger partial charge in [0.25, 0.3) is 0 Å². The Morgan fingerprint density at radius 3 is 2.30 bits per heavy atom. The van der Waals surface area contributed by atoms with Gasteiger partial charge in [-0.2, -0.15) is 0 Å². The fourth-order valence-electron chi connectivity index (χ4n) is 3.88. The third-order valence-corrected chi connectivity index (χ3v) is 5.72. The highest BCUT2D eigenvalue weighted by Gasteiger charge is 2.20. The average Bonchev–Trinajstić information content (AvgIpc) is 3.14. The van der Waals surface area contributed by atoms with Crippen LogP contribution in [0.5, 0.6) is 11.5 Å². The molecule has 1 aromatic heterocycles. The van der Waals surface area contributed by atoms with Crippen molar-refractivity contribution >= 4 is 5.69 Å². The number of ether oxygens (including phenoxy) is 2. The van der Waals surface area contributed by atoms with E-state index in [0.717, 1.165) is 66.8 Å². The molecule has 0 atom stereocenters. The van der Waals surface area contributed by atoms with Gasteiger partial charge in [-0.15, -0.1) is 0 Å². The summed E-state index contributed by atoms with van der Waals surface area (Å²) in [6, 6.07) is 14.3. The highest BCUT2D eigenvalue weighted by Crippen LogP contribution is 2.28. The molecule has 0 spiro atoms. The van der Waals surface area contributed by atoms with Crippen molar-refractivity contribution in [1.82, 2.24) is 9.88 Å². The molecule has 0 saturated carbocycles. The summed E-state index contributed by atoms with van der Waals surface area (Å²) < 4.78 is 16.6. The Morgan fingerprint density at radius 1 is 0.933 bits per heavy atom. The second-order valence-corrected chi connectivity index (χ2v) is 7.67. The van der Waals surface area contributed by atoms with Gasteiger partial charge in [-0.05, 0) is 61.9 Å². The van der Waals surface area contributed by atoms with Gasteiger partial charge >= 0.3 is 0 Å². The number of benzene rings is 2. The molecule has 158 valence electrons. The first-order chi connectivity index (χ1) is 14.6. The molecule has 1 aliphatic heterocycles. The van der Waals surface area contributed by atoms with E-state index in [4.69, 9.17) is 18.9 Å². The minimum atomic E-state index is 0.671. The molecular weight excluding hydrogens is 378 g/mol. The van der Waals surface area contributed by atoms with E-state index < -0.39 is 0 Å². The molecule has 0 aliphatic carbocycles. The molecule has 4 rings (SSSR count). The molecule has 0 radical (unpaired) electrons. The zero-order valence-corrected chi connectivity index (χ0v) is 18.1. The smallest absolute Gasteiger partial charge is 0.226 e. The molecule has 1 aliphatic rings. The number of piperazine rings is 1. The molecule has 0 N–H and O–H groups in total. The average molecular weight is 408 g/mol. The summed E-state index contributed by atoms with van der Waals surface area (Å²) in [5.41, 5.74) is 4.30. The fourth-order valence-corrected chi connectivity index (χ4v) is 3.88. The molecule has 6 nitrogen and oxygen atoms in total. The van der Waals surface area contributed by atoms with E-state index in [9.17, 15) is 0 Å². The van der Waals surface area contributed by atoms with Crippen LogP contribution in [0.4, 0.5) is 5.69 Å². The first-order valence-electron chi connectivity index (χ1n) is 10.3. The van der Waals surface area contributed by atoms with Crippen LogP contribution in [0.25, 0.3) is 11.5 Å². The number of hydrogen-bond acceptors (Lipinski definition) is 6. The molecule has 2 heterocycles. The summed E-state index contributed by atoms with van der Waals surface area (Å²) in [6.45, 7) is 8.81. The maximum absolute atomic E-state index is 5.98. The van der Waals surface area contributed by atoms with Crippen molar-refractivity contribution in [2.75, 3.05) is 45.3 Å². The molecule has 30 heavy (non-hydrogen) atoms. The molecule has 3 aromatic rings. The van der Waals surface area contributed by atoms with E-state index in [1.54, 1.807) is 14.2 Å². The largest absolute Gasteiger partial charge is 0.497 e. The zero-order chi connectivity index (χ0) is 21.1. The van der Waals surface area contributed by atoms with Crippen molar-refractivity contribution in [3.8, 4) is 23.0 Å². The lowest BCUT2D eigenvalue weighted by molar-refractivity contribution is 0.246. The molecule has 1 fully saturated rings. The number of aromatic nitrogens is 1. The van der Waals surface area contributed by atoms with Gasteiger partial charge in [-0.1, -0.05) is 0 Å². The number of rotatable bonds is 6. The van der Waals surface area contributed by atoms with Crippen LogP contribution in [0.2, 0.25) is 0 Å². The number of hydrogen-bond donors (Lipinski definition) is 0. The lowest BCUT2D eigenvalue weighted by Crippen LogP contribution is -2.46. The van der Waals surface area contributed by atoms with Gasteiger partial charge in [-0.25, -0.2) is 4.98 Å². The summed E-state index contributed by atoms with van der Waals surface area (Å²) in [6.07, 6.45) is 0. The minimum absolute atomic E-state index is 0.671. The Hall–Kier alpha value is -2.99. The lowest BCUT2D eigenvalue weighted by atomic mass is 10.1. The topological polar surface area (TPSA) is 51.0 Å². The standard InChI is InChI=1S/C24H29N3O3/c1-17-15-19(5-10-23(17)29-4)24-25-22(18(2)30-24)16-26-11-13-27(14-12-26)20-6-8-21(28-3)9-7-20/h5-10,15H,11-14,16H2,1-4H3. The molecule has 6 heteroatoms. The highest BCUT2D eigenvalue weighted by atomic mass is 16.5. The van der Waals surface area contributed by atoms with Crippen molar-refractivity contribution in [2.45, 2.75) is 20.4 Å². The van der Waals surface area contributed by atoms with E-state index in [0.29, 0.717) is 5.89 Å². The maximum atomic E-state index is 5.98. The van der Waals surface area contributed by atoms with Crippen LogP contribution in [0.1, 0.15) is 17.0 Å². The van der Waals surface area contributed by atoms with Crippen LogP contribution in [0, 0.1) is 13.8 Å². The van der Waals surface area contributed by atoms with E-state index >= 15 is 0 Å². The Kier molecular flexibility index (Phi) is 5.95. The number of anilines is 1. The predicted octanol–water partition coefficient (Wildman–Crippen LogP) is 4.30. The number of methoxy groups -OCH3 is 2. The van der Waals surface area contributed by atoms with Crippen molar-refractivity contribution in [1.29, 1.82) is 0 Å². The van der Waals surface area contributed by atoms with Gasteiger partial charge in [0, 0.05) is 44.0 Å². The quantitative estimate of drug-likeness (QED) is 0.607. The van der Waals surface area contributed by atoms with Gasteiger partial charge in [-0.3, -0.25) is 4.90 Å². The van der Waals surface area contributed by atoms with Crippen molar-refractivity contribution in [3.05, 3.63) is 59.5 Å². The summed E-state index contributed by atoms with van der Waals surface area (Å²) in [7, 11) is 3.38. The Bertz CT molecular complexity index is 989. The first-order valence-corrected chi connectivity index (χ1v) is 10.3. The Labute approximate surface area is 178 Å². The van der Waals surface area contributed by atoms with E-state index in [-0.39, 0.29) is 0 Å². The number of aryl methyl sites for hydroxylation is 2. The number of oxazole rings is 1. The molecule has 2 aromatic carbocycles. The van der Waals surface area contributed by atoms with Gasteiger partial charge in [0.15, 0.2) is 0 Å². The summed E-state index contributed by atoms with van der Waals surface area (Å²) in [4.78, 5) is 9.64. The molecule has 0 unspecified atom stereocenters. The molecule has 1 saturated heterocycles. The lowest BCUT2D eigenvalue weighted by Gasteiger charge is -2.35. The third-order valence-electron chi connectivity index (χ3n) is 5.72. The number of nitrogens with zero attached hydrogens (tertiary/aromatic N) is 3. The molecule has 0 amide bonds. The zero-order valence-electron chi connectivity index (χ0n) is 18.1. The highest BCUT2D eigenvalue weighted by molar-refractivity contribution is 5.57. The van der Waals surface area contributed by atoms with E-state index in [1.165, 1.54) is 5.69 Å². The Morgan fingerprint density at radius 2 is 1.67 bits per heavy atom. The third kappa shape index (κ3) is 4.28. The summed E-state index contributed by atoms with van der Waals surface area (Å²) >= 11 is 0. The normalized spacial score (nSPS) is 14.7. The second kappa shape index (κ2) is 8.79. The van der Waals surface area contributed by atoms with Crippen LogP contribution in [-0.2, 0) is 6.54 Å². The van der Waals surface area contributed by atoms with Crippen LogP contribution in [-0.4, -0.2) is 50.3 Å². The van der Waals surface area contributed by atoms with Gasteiger partial charge in [0.2, 0.25) is 5.89 Å². The molecular formula is C24H29N3O3. The van der Waals surface area contributed by atoms with Gasteiger partial charge < -0.3 is 18.8 Å². The van der Waals surface area contributed by atoms with Crippen LogP contribution < -0.4 is 14.4 Å². The SMILES string of the molecule is COc1ccc(N2CCN(Cc3nc(-c4ccc(OC)c(C)c4)oc3C)CC2)cc1. The second-order valence-electron chi connectivity index (χ2n) is 7.67. The molecule has 0 bridgehead atoms. The van der Waals surface area contributed by atoms with Crippen molar-refractivity contribution < 1.29 is 13.9 Å². The van der Waals surface area contributed by atoms with E-state index in [1.807, 2.05) is 38.1 Å². The van der Waals surface area contributed by atoms with Gasteiger partial charge in [0.1, 0.15) is 17.3 Å². The van der Waals surface area contributed by atoms with Crippen LogP contribution in [0.15, 0.2) is 46.9 Å². The predicted molar refractivity (Wildman–Crippen MR) is 118 cm³/mol. The van der Waals surface area contributed by atoms with Crippen LogP contribution >= 0.6 is 0 Å². The minimum Gasteiger partial charge on any atom is -0.497 e. The van der Waals surface area contributed by atoms with Gasteiger partial charge in [0.05, 0.1) is 19.9 Å². The Balaban J connectivity index is 1.39. The summed E-state index contributed by atoms with van der Waals surface area (Å²) in [5, 5.41) is 0. The monoisotopic (exact) mass is 407 g/mol.